The first-order chi connectivity index (χ1) is 8.89. The van der Waals surface area contributed by atoms with Gasteiger partial charge in [-0.2, -0.15) is 0 Å². The van der Waals surface area contributed by atoms with Crippen LogP contribution in [0.4, 0.5) is 0 Å². The van der Waals surface area contributed by atoms with E-state index in [1.165, 1.54) is 6.42 Å². The second kappa shape index (κ2) is 5.15. The molecule has 2 saturated carbocycles. The Labute approximate surface area is 127 Å². The molecule has 0 aromatic rings. The fourth-order valence-corrected chi connectivity index (χ4v) is 4.09. The molecule has 116 valence electrons. The molecule has 1 amide bonds. The molecule has 20 heavy (non-hydrogen) atoms. The lowest BCUT2D eigenvalue weighted by Gasteiger charge is -2.65. The number of hydrogen-bond donors (Lipinski definition) is 2. The summed E-state index contributed by atoms with van der Waals surface area (Å²) < 4.78 is 5.83. The number of rotatable bonds is 3. The number of carbonyl (C=O) groups excluding carboxylic acids is 1. The van der Waals surface area contributed by atoms with Crippen molar-refractivity contribution in [2.75, 3.05) is 13.2 Å². The summed E-state index contributed by atoms with van der Waals surface area (Å²) in [4.78, 5) is 12.6. The molecule has 2 aliphatic carbocycles. The molecule has 3 N–H and O–H groups in total. The van der Waals surface area contributed by atoms with Crippen LogP contribution in [0.2, 0.25) is 0 Å². The fraction of sp³-hybridized carbons (Fsp3) is 0.933. The summed E-state index contributed by atoms with van der Waals surface area (Å²) in [6.07, 6.45) is 3.41. The molecule has 3 rings (SSSR count). The smallest absolute Gasteiger partial charge is 0.241 e. The molecule has 0 aromatic carbocycles. The summed E-state index contributed by atoms with van der Waals surface area (Å²) in [7, 11) is 0. The molecule has 1 heterocycles. The topological polar surface area (TPSA) is 64.4 Å². The van der Waals surface area contributed by atoms with Crippen LogP contribution in [0.3, 0.4) is 0 Å². The van der Waals surface area contributed by atoms with Crippen LogP contribution in [-0.2, 0) is 9.53 Å². The first kappa shape index (κ1) is 16.1. The van der Waals surface area contributed by atoms with Gasteiger partial charge in [0.15, 0.2) is 0 Å². The van der Waals surface area contributed by atoms with Crippen LogP contribution in [-0.4, -0.2) is 30.7 Å². The van der Waals surface area contributed by atoms with E-state index in [0.717, 1.165) is 31.9 Å². The second-order valence-corrected chi connectivity index (χ2v) is 7.31. The molecular weight excluding hydrogens is 276 g/mol. The number of fused-ring (bicyclic) bond motifs is 1. The van der Waals surface area contributed by atoms with Gasteiger partial charge in [0, 0.05) is 24.5 Å². The number of carbonyl (C=O) groups is 1. The molecular formula is C15H27ClN2O2. The third-order valence-electron chi connectivity index (χ3n) is 5.86. The van der Waals surface area contributed by atoms with Crippen LogP contribution in [0.15, 0.2) is 0 Å². The third-order valence-corrected chi connectivity index (χ3v) is 5.86. The maximum atomic E-state index is 12.6. The van der Waals surface area contributed by atoms with Gasteiger partial charge in [-0.3, -0.25) is 4.79 Å². The second-order valence-electron chi connectivity index (χ2n) is 7.31. The highest BCUT2D eigenvalue weighted by Crippen LogP contribution is 2.57. The third kappa shape index (κ3) is 2.08. The molecule has 3 aliphatic rings. The summed E-state index contributed by atoms with van der Waals surface area (Å²) in [6, 6.07) is 0. The molecule has 1 saturated heterocycles. The van der Waals surface area contributed by atoms with E-state index in [1.807, 2.05) is 0 Å². The van der Waals surface area contributed by atoms with Crippen molar-refractivity contribution in [1.29, 1.82) is 0 Å². The van der Waals surface area contributed by atoms with Gasteiger partial charge in [0.2, 0.25) is 5.91 Å². The highest BCUT2D eigenvalue weighted by atomic mass is 35.5. The molecule has 3 fully saturated rings. The lowest BCUT2D eigenvalue weighted by molar-refractivity contribution is -0.225. The summed E-state index contributed by atoms with van der Waals surface area (Å²) >= 11 is 0. The van der Waals surface area contributed by atoms with Crippen molar-refractivity contribution in [1.82, 2.24) is 5.32 Å². The first-order valence-corrected chi connectivity index (χ1v) is 7.58. The van der Waals surface area contributed by atoms with Gasteiger partial charge in [-0.25, -0.2) is 0 Å². The predicted octanol–water partition coefficient (Wildman–Crippen LogP) is 1.71. The van der Waals surface area contributed by atoms with E-state index in [1.54, 1.807) is 0 Å². The standard InChI is InChI=1S/C15H26N2O2.ClH/c1-9-7-10(9)8-17-13(18)15(16)11-5-4-6-19-12(11)14(15,2)3;/h9-12H,4-8,16H2,1-3H3,(H,17,18);1H. The molecule has 5 unspecified atom stereocenters. The SMILES string of the molecule is CC1CC1CNC(=O)C1(N)C2CCCOC2C1(C)C.Cl. The average Bonchev–Trinajstić information content (AvgIpc) is 3.11. The minimum Gasteiger partial charge on any atom is -0.377 e. The van der Waals surface area contributed by atoms with E-state index >= 15 is 0 Å². The van der Waals surface area contributed by atoms with Gasteiger partial charge in [0.25, 0.3) is 0 Å². The summed E-state index contributed by atoms with van der Waals surface area (Å²) in [6.45, 7) is 7.96. The van der Waals surface area contributed by atoms with E-state index in [2.05, 4.69) is 26.1 Å². The zero-order chi connectivity index (χ0) is 13.8. The van der Waals surface area contributed by atoms with Crippen molar-refractivity contribution < 1.29 is 9.53 Å². The minimum absolute atomic E-state index is 0. The van der Waals surface area contributed by atoms with Gasteiger partial charge in [0.1, 0.15) is 5.54 Å². The van der Waals surface area contributed by atoms with Crippen molar-refractivity contribution in [2.24, 2.45) is 28.9 Å². The van der Waals surface area contributed by atoms with E-state index in [9.17, 15) is 4.79 Å². The van der Waals surface area contributed by atoms with Gasteiger partial charge in [-0.05, 0) is 31.1 Å². The monoisotopic (exact) mass is 302 g/mol. The molecule has 0 spiro atoms. The maximum absolute atomic E-state index is 12.6. The van der Waals surface area contributed by atoms with Crippen LogP contribution in [0.1, 0.15) is 40.0 Å². The van der Waals surface area contributed by atoms with Crippen molar-refractivity contribution >= 4 is 18.3 Å². The maximum Gasteiger partial charge on any atom is 0.241 e. The quantitative estimate of drug-likeness (QED) is 0.834. The van der Waals surface area contributed by atoms with Crippen molar-refractivity contribution in [3.8, 4) is 0 Å². The van der Waals surface area contributed by atoms with Gasteiger partial charge in [-0.15, -0.1) is 12.4 Å². The van der Waals surface area contributed by atoms with Gasteiger partial charge < -0.3 is 15.8 Å². The molecule has 4 nitrogen and oxygen atoms in total. The number of halogens is 1. The molecule has 0 bridgehead atoms. The Bertz CT molecular complexity index is 401. The van der Waals surface area contributed by atoms with Crippen LogP contribution in [0.5, 0.6) is 0 Å². The Morgan fingerprint density at radius 3 is 2.70 bits per heavy atom. The van der Waals surface area contributed by atoms with Crippen LogP contribution in [0, 0.1) is 23.2 Å². The zero-order valence-electron chi connectivity index (χ0n) is 12.6. The number of nitrogens with one attached hydrogen (secondary N) is 1. The molecule has 0 radical (unpaired) electrons. The van der Waals surface area contributed by atoms with Crippen molar-refractivity contribution in [3.63, 3.8) is 0 Å². The Balaban J connectivity index is 0.00000147. The summed E-state index contributed by atoms with van der Waals surface area (Å²) in [5, 5.41) is 3.09. The molecule has 1 aliphatic heterocycles. The molecule has 5 atom stereocenters. The van der Waals surface area contributed by atoms with E-state index in [-0.39, 0.29) is 35.8 Å². The Morgan fingerprint density at radius 1 is 1.45 bits per heavy atom. The Morgan fingerprint density at radius 2 is 2.10 bits per heavy atom. The number of amides is 1. The zero-order valence-corrected chi connectivity index (χ0v) is 13.5. The highest BCUT2D eigenvalue weighted by Gasteiger charge is 2.70. The highest BCUT2D eigenvalue weighted by molar-refractivity contribution is 5.89. The van der Waals surface area contributed by atoms with Crippen molar-refractivity contribution in [2.45, 2.75) is 51.7 Å². The Hall–Kier alpha value is -0.320. The van der Waals surface area contributed by atoms with Crippen molar-refractivity contribution in [3.05, 3.63) is 0 Å². The molecule has 0 aromatic heterocycles. The number of nitrogens with two attached hydrogens (primary N) is 1. The number of ether oxygens (including phenoxy) is 1. The van der Waals surface area contributed by atoms with Crippen LogP contribution >= 0.6 is 12.4 Å². The van der Waals surface area contributed by atoms with Gasteiger partial charge >= 0.3 is 0 Å². The first-order valence-electron chi connectivity index (χ1n) is 7.58. The van der Waals surface area contributed by atoms with E-state index in [4.69, 9.17) is 10.5 Å². The lowest BCUT2D eigenvalue weighted by Crippen LogP contribution is -2.82. The Kier molecular flexibility index (Phi) is 4.13. The van der Waals surface area contributed by atoms with Crippen LogP contribution in [0.25, 0.3) is 0 Å². The average molecular weight is 303 g/mol. The lowest BCUT2D eigenvalue weighted by atomic mass is 9.46. The van der Waals surface area contributed by atoms with E-state index < -0.39 is 5.54 Å². The molecule has 5 heteroatoms. The van der Waals surface area contributed by atoms with Gasteiger partial charge in [-0.1, -0.05) is 20.8 Å². The largest absolute Gasteiger partial charge is 0.377 e. The minimum atomic E-state index is -0.754. The van der Waals surface area contributed by atoms with Gasteiger partial charge in [0.05, 0.1) is 6.10 Å². The van der Waals surface area contributed by atoms with E-state index in [0.29, 0.717) is 5.92 Å². The fourth-order valence-electron chi connectivity index (χ4n) is 4.09. The number of hydrogen-bond acceptors (Lipinski definition) is 3. The van der Waals surface area contributed by atoms with Crippen LogP contribution < -0.4 is 11.1 Å². The summed E-state index contributed by atoms with van der Waals surface area (Å²) in [5.74, 6) is 1.64. The predicted molar refractivity (Wildman–Crippen MR) is 80.7 cm³/mol. The summed E-state index contributed by atoms with van der Waals surface area (Å²) in [5.41, 5.74) is 5.51. The normalized spacial score (nSPS) is 44.6.